The Bertz CT molecular complexity index is 653. The summed E-state index contributed by atoms with van der Waals surface area (Å²) in [7, 11) is 1.64. The van der Waals surface area contributed by atoms with Crippen molar-refractivity contribution in [1.29, 1.82) is 0 Å². The lowest BCUT2D eigenvalue weighted by Crippen LogP contribution is -2.16. The molecule has 2 aromatic rings. The van der Waals surface area contributed by atoms with Gasteiger partial charge in [-0.15, -0.1) is 0 Å². The van der Waals surface area contributed by atoms with Gasteiger partial charge in [0.1, 0.15) is 16.0 Å². The monoisotopic (exact) mass is 336 g/mol. The molecule has 0 radical (unpaired) electrons. The third-order valence-electron chi connectivity index (χ3n) is 3.02. The molecule has 0 bridgehead atoms. The maximum absolute atomic E-state index is 11.9. The Labute approximate surface area is 126 Å². The molecule has 1 N–H and O–H groups in total. The Hall–Kier alpha value is -1.62. The molecule has 0 atom stereocenters. The fraction of sp³-hybridized carbons (Fsp3) is 0.333. The number of benzene rings is 1. The van der Waals surface area contributed by atoms with Crippen molar-refractivity contribution in [3.05, 3.63) is 56.2 Å². The molecule has 0 amide bonds. The van der Waals surface area contributed by atoms with Crippen molar-refractivity contribution in [2.75, 3.05) is 7.11 Å². The van der Waals surface area contributed by atoms with Gasteiger partial charge in [0.15, 0.2) is 0 Å². The first-order chi connectivity index (χ1) is 9.65. The van der Waals surface area contributed by atoms with Gasteiger partial charge < -0.3 is 9.72 Å². The van der Waals surface area contributed by atoms with Crippen LogP contribution in [0.1, 0.15) is 30.4 Å². The molecule has 106 valence electrons. The molecule has 5 heteroatoms. The van der Waals surface area contributed by atoms with E-state index in [1.165, 1.54) is 0 Å². The number of H-pyrrole nitrogens is 1. The number of hydrogen-bond acceptors (Lipinski definition) is 3. The molecule has 0 spiro atoms. The van der Waals surface area contributed by atoms with E-state index in [4.69, 9.17) is 4.74 Å². The Kier molecular flexibility index (Phi) is 4.95. The highest BCUT2D eigenvalue weighted by molar-refractivity contribution is 9.10. The first-order valence-corrected chi connectivity index (χ1v) is 7.34. The second-order valence-electron chi connectivity index (χ2n) is 4.51. The highest BCUT2D eigenvalue weighted by Crippen LogP contribution is 2.20. The van der Waals surface area contributed by atoms with E-state index in [1.54, 1.807) is 7.11 Å². The van der Waals surface area contributed by atoms with E-state index in [9.17, 15) is 4.79 Å². The van der Waals surface area contributed by atoms with Gasteiger partial charge in [-0.3, -0.25) is 4.79 Å². The molecule has 0 aliphatic heterocycles. The predicted octanol–water partition coefficient (Wildman–Crippen LogP) is 3.08. The number of methoxy groups -OCH3 is 1. The molecule has 4 nitrogen and oxygen atoms in total. The minimum atomic E-state index is -0.131. The molecule has 0 aliphatic rings. The molecular weight excluding hydrogens is 320 g/mol. The van der Waals surface area contributed by atoms with Crippen molar-refractivity contribution < 1.29 is 4.74 Å². The van der Waals surface area contributed by atoms with E-state index in [0.717, 1.165) is 29.8 Å². The summed E-state index contributed by atoms with van der Waals surface area (Å²) in [5.41, 5.74) is 1.68. The smallest absolute Gasteiger partial charge is 0.265 e. The predicted molar refractivity (Wildman–Crippen MR) is 82.4 cm³/mol. The number of aromatic nitrogens is 2. The van der Waals surface area contributed by atoms with E-state index in [0.29, 0.717) is 16.7 Å². The van der Waals surface area contributed by atoms with Crippen LogP contribution in [-0.2, 0) is 12.8 Å². The van der Waals surface area contributed by atoms with Gasteiger partial charge in [-0.1, -0.05) is 31.5 Å². The highest BCUT2D eigenvalue weighted by Gasteiger charge is 2.10. The molecule has 1 heterocycles. The van der Waals surface area contributed by atoms with Crippen LogP contribution in [0.25, 0.3) is 0 Å². The summed E-state index contributed by atoms with van der Waals surface area (Å²) in [6, 6.07) is 7.74. The van der Waals surface area contributed by atoms with E-state index >= 15 is 0 Å². The molecule has 0 fully saturated rings. The minimum Gasteiger partial charge on any atom is -0.496 e. The Morgan fingerprint density at radius 3 is 2.80 bits per heavy atom. The van der Waals surface area contributed by atoms with Gasteiger partial charge in [0.05, 0.1) is 12.8 Å². The first kappa shape index (κ1) is 14.8. The van der Waals surface area contributed by atoms with Crippen LogP contribution in [0.2, 0.25) is 0 Å². The van der Waals surface area contributed by atoms with Crippen LogP contribution < -0.4 is 10.3 Å². The highest BCUT2D eigenvalue weighted by atomic mass is 79.9. The summed E-state index contributed by atoms with van der Waals surface area (Å²) in [5.74, 6) is 1.46. The van der Waals surface area contributed by atoms with Crippen LogP contribution >= 0.6 is 15.9 Å². The van der Waals surface area contributed by atoms with Crippen LogP contribution in [0.15, 0.2) is 33.5 Å². The second-order valence-corrected chi connectivity index (χ2v) is 5.30. The van der Waals surface area contributed by atoms with Crippen LogP contribution in [0.4, 0.5) is 0 Å². The lowest BCUT2D eigenvalue weighted by molar-refractivity contribution is 0.410. The number of aryl methyl sites for hydroxylation is 1. The minimum absolute atomic E-state index is 0.131. The zero-order chi connectivity index (χ0) is 14.5. The first-order valence-electron chi connectivity index (χ1n) is 6.55. The number of ether oxygens (including phenoxy) is 1. The fourth-order valence-corrected chi connectivity index (χ4v) is 2.46. The van der Waals surface area contributed by atoms with Crippen molar-refractivity contribution in [1.82, 2.24) is 9.97 Å². The third-order valence-corrected chi connectivity index (χ3v) is 3.84. The van der Waals surface area contributed by atoms with E-state index in [1.807, 2.05) is 24.3 Å². The summed E-state index contributed by atoms with van der Waals surface area (Å²) >= 11 is 3.30. The molecule has 2 rings (SSSR count). The van der Waals surface area contributed by atoms with E-state index in [-0.39, 0.29) is 5.56 Å². The average molecular weight is 337 g/mol. The van der Waals surface area contributed by atoms with Gasteiger partial charge in [0.2, 0.25) is 0 Å². The topological polar surface area (TPSA) is 55.0 Å². The molecule has 1 aromatic carbocycles. The molecular formula is C15H17BrN2O2. The van der Waals surface area contributed by atoms with Gasteiger partial charge in [-0.2, -0.15) is 0 Å². The van der Waals surface area contributed by atoms with Crippen LogP contribution in [0, 0.1) is 0 Å². The number of aromatic amines is 1. The van der Waals surface area contributed by atoms with E-state index in [2.05, 4.69) is 32.8 Å². The van der Waals surface area contributed by atoms with Crippen molar-refractivity contribution >= 4 is 15.9 Å². The van der Waals surface area contributed by atoms with Crippen LogP contribution in [0.5, 0.6) is 5.75 Å². The Morgan fingerprint density at radius 1 is 1.35 bits per heavy atom. The average Bonchev–Trinajstić information content (AvgIpc) is 2.45. The number of hydrogen-bond donors (Lipinski definition) is 1. The molecule has 0 saturated heterocycles. The van der Waals surface area contributed by atoms with Crippen molar-refractivity contribution in [3.63, 3.8) is 0 Å². The van der Waals surface area contributed by atoms with Crippen molar-refractivity contribution in [2.45, 2.75) is 26.2 Å². The summed E-state index contributed by atoms with van der Waals surface area (Å²) < 4.78 is 5.85. The summed E-state index contributed by atoms with van der Waals surface area (Å²) in [4.78, 5) is 19.2. The van der Waals surface area contributed by atoms with Crippen molar-refractivity contribution in [3.8, 4) is 5.75 Å². The van der Waals surface area contributed by atoms with Gasteiger partial charge in [0.25, 0.3) is 5.56 Å². The lowest BCUT2D eigenvalue weighted by Gasteiger charge is -2.09. The molecule has 1 aromatic heterocycles. The second kappa shape index (κ2) is 6.70. The molecule has 20 heavy (non-hydrogen) atoms. The van der Waals surface area contributed by atoms with Gasteiger partial charge in [0, 0.05) is 12.0 Å². The zero-order valence-corrected chi connectivity index (χ0v) is 13.2. The SMILES string of the molecule is CCCc1nc(Cc2ccccc2OC)[nH]c(=O)c1Br. The maximum atomic E-state index is 11.9. The normalized spacial score (nSPS) is 10.6. The third kappa shape index (κ3) is 3.28. The summed E-state index contributed by atoms with van der Waals surface area (Å²) in [6.07, 6.45) is 2.27. The number of para-hydroxylation sites is 1. The van der Waals surface area contributed by atoms with Crippen molar-refractivity contribution in [2.24, 2.45) is 0 Å². The molecule has 0 saturated carbocycles. The van der Waals surface area contributed by atoms with Crippen LogP contribution in [-0.4, -0.2) is 17.1 Å². The lowest BCUT2D eigenvalue weighted by atomic mass is 10.1. The summed E-state index contributed by atoms with van der Waals surface area (Å²) in [5, 5.41) is 0. The Balaban J connectivity index is 2.36. The number of nitrogens with zero attached hydrogens (tertiary/aromatic N) is 1. The van der Waals surface area contributed by atoms with Gasteiger partial charge in [-0.25, -0.2) is 4.98 Å². The summed E-state index contributed by atoms with van der Waals surface area (Å²) in [6.45, 7) is 2.06. The van der Waals surface area contributed by atoms with Gasteiger partial charge in [-0.05, 0) is 28.4 Å². The number of nitrogens with one attached hydrogen (secondary N) is 1. The molecule has 0 aliphatic carbocycles. The van der Waals surface area contributed by atoms with E-state index < -0.39 is 0 Å². The quantitative estimate of drug-likeness (QED) is 0.912. The van der Waals surface area contributed by atoms with Gasteiger partial charge >= 0.3 is 0 Å². The maximum Gasteiger partial charge on any atom is 0.265 e. The van der Waals surface area contributed by atoms with Crippen LogP contribution in [0.3, 0.4) is 0 Å². The standard InChI is InChI=1S/C15H17BrN2O2/c1-3-6-11-14(16)15(19)18-13(17-11)9-10-7-4-5-8-12(10)20-2/h4-5,7-8H,3,6,9H2,1-2H3,(H,17,18,19). The largest absolute Gasteiger partial charge is 0.496 e. The number of rotatable bonds is 5. The zero-order valence-electron chi connectivity index (χ0n) is 11.6. The number of halogens is 1. The fourth-order valence-electron chi connectivity index (χ4n) is 2.07. The Morgan fingerprint density at radius 2 is 2.10 bits per heavy atom. The molecule has 0 unspecified atom stereocenters.